The maximum atomic E-state index is 12.3. The number of piperidine rings is 1. The third-order valence-electron chi connectivity index (χ3n) is 3.28. The van der Waals surface area contributed by atoms with Crippen molar-refractivity contribution in [1.29, 1.82) is 0 Å². The van der Waals surface area contributed by atoms with E-state index in [1.165, 1.54) is 15.6 Å². The van der Waals surface area contributed by atoms with Crippen molar-refractivity contribution in [2.24, 2.45) is 0 Å². The molecule has 1 aromatic carbocycles. The molecule has 1 aromatic heterocycles. The molecular weight excluding hydrogens is 296 g/mol. The van der Waals surface area contributed by atoms with Crippen LogP contribution in [0.4, 0.5) is 10.8 Å². The summed E-state index contributed by atoms with van der Waals surface area (Å²) in [5.74, 6) is 0. The molecular formula is C12H16N4O2S2. The van der Waals surface area contributed by atoms with Crippen LogP contribution in [-0.4, -0.2) is 30.8 Å². The zero-order valence-electron chi connectivity index (χ0n) is 10.9. The minimum atomic E-state index is -3.49. The number of nitrogen functional groups attached to an aromatic ring is 1. The van der Waals surface area contributed by atoms with Gasteiger partial charge in [0, 0.05) is 18.8 Å². The van der Waals surface area contributed by atoms with Gasteiger partial charge < -0.3 is 5.73 Å². The third-order valence-corrected chi connectivity index (χ3v) is 5.84. The number of nitrogens with two attached hydrogens (primary N) is 1. The van der Waals surface area contributed by atoms with Crippen molar-refractivity contribution in [1.82, 2.24) is 9.29 Å². The number of fused-ring (bicyclic) bond motifs is 1. The topological polar surface area (TPSA) is 88.3 Å². The summed E-state index contributed by atoms with van der Waals surface area (Å²) in [6.45, 7) is 1.15. The van der Waals surface area contributed by atoms with E-state index >= 15 is 0 Å². The number of aromatic nitrogens is 1. The Balaban J connectivity index is 1.84. The van der Waals surface area contributed by atoms with Crippen LogP contribution in [0.3, 0.4) is 0 Å². The number of thiazole rings is 1. The SMILES string of the molecule is Nc1ccc2nc(NS(=O)(=O)N3CCCCC3)sc2c1. The summed E-state index contributed by atoms with van der Waals surface area (Å²) in [7, 11) is -3.49. The molecule has 0 amide bonds. The van der Waals surface area contributed by atoms with Gasteiger partial charge in [-0.3, -0.25) is 0 Å². The summed E-state index contributed by atoms with van der Waals surface area (Å²) >= 11 is 1.29. The molecule has 0 aliphatic carbocycles. The van der Waals surface area contributed by atoms with Crippen molar-refractivity contribution in [3.8, 4) is 0 Å². The fourth-order valence-corrected chi connectivity index (χ4v) is 4.65. The highest BCUT2D eigenvalue weighted by Gasteiger charge is 2.24. The lowest BCUT2D eigenvalue weighted by Crippen LogP contribution is -2.39. The van der Waals surface area contributed by atoms with Crippen LogP contribution in [0.15, 0.2) is 18.2 Å². The molecule has 0 saturated carbocycles. The first kappa shape index (κ1) is 13.6. The Morgan fingerprint density at radius 3 is 2.75 bits per heavy atom. The van der Waals surface area contributed by atoms with Gasteiger partial charge in [0.2, 0.25) is 0 Å². The molecule has 0 radical (unpaired) electrons. The van der Waals surface area contributed by atoms with E-state index in [0.29, 0.717) is 23.9 Å². The lowest BCUT2D eigenvalue weighted by Gasteiger charge is -2.25. The average molecular weight is 312 g/mol. The Bertz CT molecular complexity index is 720. The molecule has 8 heteroatoms. The van der Waals surface area contributed by atoms with Crippen molar-refractivity contribution >= 4 is 42.6 Å². The van der Waals surface area contributed by atoms with E-state index in [1.807, 2.05) is 0 Å². The van der Waals surface area contributed by atoms with Crippen LogP contribution in [-0.2, 0) is 10.2 Å². The predicted molar refractivity (Wildman–Crippen MR) is 82.0 cm³/mol. The van der Waals surface area contributed by atoms with Crippen molar-refractivity contribution in [2.45, 2.75) is 19.3 Å². The second kappa shape index (κ2) is 5.19. The zero-order chi connectivity index (χ0) is 14.2. The van der Waals surface area contributed by atoms with Crippen molar-refractivity contribution in [3.05, 3.63) is 18.2 Å². The molecule has 108 valence electrons. The summed E-state index contributed by atoms with van der Waals surface area (Å²) in [6, 6.07) is 5.34. The first-order chi connectivity index (χ1) is 9.54. The maximum absolute atomic E-state index is 12.3. The van der Waals surface area contributed by atoms with E-state index in [0.717, 1.165) is 29.5 Å². The monoisotopic (exact) mass is 312 g/mol. The lowest BCUT2D eigenvalue weighted by atomic mass is 10.2. The molecule has 0 unspecified atom stereocenters. The molecule has 1 aliphatic rings. The van der Waals surface area contributed by atoms with Gasteiger partial charge in [0.25, 0.3) is 0 Å². The van der Waals surface area contributed by atoms with E-state index in [2.05, 4.69) is 9.71 Å². The van der Waals surface area contributed by atoms with Gasteiger partial charge in [0.1, 0.15) is 0 Å². The Morgan fingerprint density at radius 2 is 2.00 bits per heavy atom. The van der Waals surface area contributed by atoms with Gasteiger partial charge in [-0.1, -0.05) is 17.8 Å². The Kier molecular flexibility index (Phi) is 3.53. The summed E-state index contributed by atoms with van der Waals surface area (Å²) in [5.41, 5.74) is 7.10. The summed E-state index contributed by atoms with van der Waals surface area (Å²) < 4.78 is 29.4. The molecule has 0 spiro atoms. The highest BCUT2D eigenvalue weighted by Crippen LogP contribution is 2.28. The van der Waals surface area contributed by atoms with Gasteiger partial charge in [-0.2, -0.15) is 12.7 Å². The Morgan fingerprint density at radius 1 is 1.25 bits per heavy atom. The van der Waals surface area contributed by atoms with Crippen molar-refractivity contribution < 1.29 is 8.42 Å². The van der Waals surface area contributed by atoms with Crippen LogP contribution in [0.1, 0.15) is 19.3 Å². The van der Waals surface area contributed by atoms with E-state index in [4.69, 9.17) is 5.73 Å². The van der Waals surface area contributed by atoms with Crippen molar-refractivity contribution in [2.75, 3.05) is 23.5 Å². The predicted octanol–water partition coefficient (Wildman–Crippen LogP) is 2.02. The Labute approximate surface area is 121 Å². The number of hydrogen-bond acceptors (Lipinski definition) is 5. The summed E-state index contributed by atoms with van der Waals surface area (Å²) in [4.78, 5) is 4.28. The molecule has 2 heterocycles. The van der Waals surface area contributed by atoms with Crippen LogP contribution in [0.5, 0.6) is 0 Å². The maximum Gasteiger partial charge on any atom is 0.303 e. The second-order valence-corrected chi connectivity index (χ2v) is 7.51. The molecule has 0 bridgehead atoms. The smallest absolute Gasteiger partial charge is 0.303 e. The van der Waals surface area contributed by atoms with Crippen LogP contribution in [0, 0.1) is 0 Å². The molecule has 3 rings (SSSR count). The average Bonchev–Trinajstić information content (AvgIpc) is 2.80. The zero-order valence-corrected chi connectivity index (χ0v) is 12.5. The largest absolute Gasteiger partial charge is 0.399 e. The first-order valence-corrected chi connectivity index (χ1v) is 8.74. The molecule has 1 fully saturated rings. The number of rotatable bonds is 3. The second-order valence-electron chi connectivity index (χ2n) is 4.81. The van der Waals surface area contributed by atoms with Gasteiger partial charge in [0.15, 0.2) is 5.13 Å². The summed E-state index contributed by atoms with van der Waals surface area (Å²) in [6.07, 6.45) is 2.92. The van der Waals surface area contributed by atoms with E-state index in [1.54, 1.807) is 18.2 Å². The van der Waals surface area contributed by atoms with Crippen molar-refractivity contribution in [3.63, 3.8) is 0 Å². The van der Waals surface area contributed by atoms with E-state index in [-0.39, 0.29) is 0 Å². The fraction of sp³-hybridized carbons (Fsp3) is 0.417. The standard InChI is InChI=1S/C12H16N4O2S2/c13-9-4-5-10-11(8-9)19-12(14-10)15-20(17,18)16-6-2-1-3-7-16/h4-5,8H,1-3,6-7,13H2,(H,14,15). The van der Waals surface area contributed by atoms with Gasteiger partial charge in [-0.25, -0.2) is 9.71 Å². The van der Waals surface area contributed by atoms with Crippen LogP contribution in [0.2, 0.25) is 0 Å². The van der Waals surface area contributed by atoms with E-state index in [9.17, 15) is 8.42 Å². The number of anilines is 2. The minimum absolute atomic E-state index is 0.385. The minimum Gasteiger partial charge on any atom is -0.399 e. The fourth-order valence-electron chi connectivity index (χ4n) is 2.26. The molecule has 2 aromatic rings. The number of nitrogens with one attached hydrogen (secondary N) is 1. The first-order valence-electron chi connectivity index (χ1n) is 6.48. The molecule has 3 N–H and O–H groups in total. The molecule has 6 nitrogen and oxygen atoms in total. The highest BCUT2D eigenvalue weighted by molar-refractivity contribution is 7.90. The lowest BCUT2D eigenvalue weighted by molar-refractivity contribution is 0.349. The van der Waals surface area contributed by atoms with Gasteiger partial charge in [0.05, 0.1) is 10.2 Å². The quantitative estimate of drug-likeness (QED) is 0.849. The molecule has 1 aliphatic heterocycles. The van der Waals surface area contributed by atoms with Gasteiger partial charge in [-0.15, -0.1) is 0 Å². The van der Waals surface area contributed by atoms with Crippen LogP contribution >= 0.6 is 11.3 Å². The van der Waals surface area contributed by atoms with Crippen LogP contribution in [0.25, 0.3) is 10.2 Å². The van der Waals surface area contributed by atoms with Gasteiger partial charge >= 0.3 is 10.2 Å². The number of benzene rings is 1. The van der Waals surface area contributed by atoms with E-state index < -0.39 is 10.2 Å². The highest BCUT2D eigenvalue weighted by atomic mass is 32.2. The number of nitrogens with zero attached hydrogens (tertiary/aromatic N) is 2. The van der Waals surface area contributed by atoms with Gasteiger partial charge in [-0.05, 0) is 31.0 Å². The molecule has 1 saturated heterocycles. The normalized spacial score (nSPS) is 17.4. The molecule has 0 atom stereocenters. The number of hydrogen-bond donors (Lipinski definition) is 2. The Hall–Kier alpha value is -1.38. The van der Waals surface area contributed by atoms with Crippen LogP contribution < -0.4 is 10.5 Å². The molecule has 20 heavy (non-hydrogen) atoms. The third kappa shape index (κ3) is 2.72. The summed E-state index contributed by atoms with van der Waals surface area (Å²) in [5, 5.41) is 0.385.